The molecule has 0 saturated carbocycles. The predicted molar refractivity (Wildman–Crippen MR) is 79.7 cm³/mol. The second-order valence-electron chi connectivity index (χ2n) is 5.05. The number of carboxylic acid groups (broad SMARTS) is 1. The van der Waals surface area contributed by atoms with Gasteiger partial charge in [-0.2, -0.15) is 0 Å². The Balaban J connectivity index is 2.25. The zero-order valence-corrected chi connectivity index (χ0v) is 12.3. The molecule has 20 heavy (non-hydrogen) atoms. The number of carboxylic acids is 1. The highest BCUT2D eigenvalue weighted by Crippen LogP contribution is 2.35. The molecule has 1 heterocycles. The first-order valence-corrected chi connectivity index (χ1v) is 7.33. The molecule has 2 aromatic rings. The van der Waals surface area contributed by atoms with Crippen molar-refractivity contribution in [3.63, 3.8) is 0 Å². The molecule has 5 heteroatoms. The maximum atomic E-state index is 10.9. The maximum absolute atomic E-state index is 10.9. The Hall–Kier alpha value is -1.32. The van der Waals surface area contributed by atoms with Crippen LogP contribution in [-0.4, -0.2) is 16.1 Å². The fourth-order valence-corrected chi connectivity index (χ4v) is 3.44. The third kappa shape index (κ3) is 2.36. The minimum atomic E-state index is -0.796. The number of rotatable bonds is 3. The summed E-state index contributed by atoms with van der Waals surface area (Å²) in [5, 5.41) is 10.9. The van der Waals surface area contributed by atoms with E-state index in [1.165, 1.54) is 5.56 Å². The van der Waals surface area contributed by atoms with Crippen LogP contribution in [0, 0.1) is 0 Å². The summed E-state index contributed by atoms with van der Waals surface area (Å²) in [6, 6.07) is 3.52. The number of hydrogen-bond acceptors (Lipinski definition) is 2. The Labute approximate surface area is 126 Å². The highest BCUT2D eigenvalue weighted by Gasteiger charge is 2.21. The molecule has 0 saturated heterocycles. The molecule has 1 aliphatic rings. The van der Waals surface area contributed by atoms with Crippen LogP contribution in [0.1, 0.15) is 29.7 Å². The van der Waals surface area contributed by atoms with Crippen LogP contribution < -0.4 is 0 Å². The summed E-state index contributed by atoms with van der Waals surface area (Å²) in [6.07, 6.45) is 3.55. The van der Waals surface area contributed by atoms with Gasteiger partial charge < -0.3 is 5.11 Å². The van der Waals surface area contributed by atoms with Gasteiger partial charge in [0.15, 0.2) is 0 Å². The van der Waals surface area contributed by atoms with E-state index in [-0.39, 0.29) is 6.42 Å². The summed E-state index contributed by atoms with van der Waals surface area (Å²) in [5.74, 6) is -0.796. The van der Waals surface area contributed by atoms with Crippen LogP contribution >= 0.6 is 23.2 Å². The Morgan fingerprint density at radius 1 is 1.30 bits per heavy atom. The summed E-state index contributed by atoms with van der Waals surface area (Å²) >= 11 is 12.3. The van der Waals surface area contributed by atoms with Crippen LogP contribution in [-0.2, 0) is 24.1 Å². The number of benzene rings is 1. The standard InChI is InChI=1S/C15H13Cl2NO2/c16-8-6-11-9(4-5-14(19)20)10-2-1-3-13(10)18-15(11)12(17)7-8/h6-7H,1-5H2,(H,19,20). The minimum Gasteiger partial charge on any atom is -0.481 e. The maximum Gasteiger partial charge on any atom is 0.303 e. The normalized spacial score (nSPS) is 13.7. The molecular formula is C15H13Cl2NO2. The zero-order chi connectivity index (χ0) is 14.3. The van der Waals surface area contributed by atoms with Gasteiger partial charge in [0, 0.05) is 22.5 Å². The smallest absolute Gasteiger partial charge is 0.303 e. The minimum absolute atomic E-state index is 0.107. The monoisotopic (exact) mass is 309 g/mol. The number of pyridine rings is 1. The van der Waals surface area contributed by atoms with Gasteiger partial charge in [-0.05, 0) is 48.9 Å². The van der Waals surface area contributed by atoms with Gasteiger partial charge >= 0.3 is 5.97 Å². The number of aryl methyl sites for hydroxylation is 2. The van der Waals surface area contributed by atoms with Crippen molar-refractivity contribution >= 4 is 40.1 Å². The van der Waals surface area contributed by atoms with Crippen molar-refractivity contribution < 1.29 is 9.90 Å². The Kier molecular flexibility index (Phi) is 3.57. The highest BCUT2D eigenvalue weighted by atomic mass is 35.5. The van der Waals surface area contributed by atoms with Crippen molar-refractivity contribution in [2.45, 2.75) is 32.1 Å². The molecule has 1 aliphatic carbocycles. The quantitative estimate of drug-likeness (QED) is 0.930. The summed E-state index contributed by atoms with van der Waals surface area (Å²) in [4.78, 5) is 15.5. The summed E-state index contributed by atoms with van der Waals surface area (Å²) < 4.78 is 0. The molecule has 1 aromatic carbocycles. The first-order valence-electron chi connectivity index (χ1n) is 6.57. The van der Waals surface area contributed by atoms with Crippen molar-refractivity contribution in [3.8, 4) is 0 Å². The average Bonchev–Trinajstić information content (AvgIpc) is 2.83. The van der Waals surface area contributed by atoms with Gasteiger partial charge in [0.25, 0.3) is 0 Å². The molecule has 0 aliphatic heterocycles. The SMILES string of the molecule is O=C(O)CCc1c2c(nc3c(Cl)cc(Cl)cc13)CCC2. The average molecular weight is 310 g/mol. The molecule has 0 atom stereocenters. The van der Waals surface area contributed by atoms with Gasteiger partial charge in [-0.25, -0.2) is 0 Å². The van der Waals surface area contributed by atoms with Gasteiger partial charge in [0.05, 0.1) is 10.5 Å². The van der Waals surface area contributed by atoms with Crippen LogP contribution in [0.2, 0.25) is 10.0 Å². The third-order valence-corrected chi connectivity index (χ3v) is 4.25. The Bertz CT molecular complexity index is 713. The summed E-state index contributed by atoms with van der Waals surface area (Å²) in [7, 11) is 0. The topological polar surface area (TPSA) is 50.2 Å². The number of carbonyl (C=O) groups is 1. The molecule has 0 fully saturated rings. The molecular weight excluding hydrogens is 297 g/mol. The first kappa shape index (κ1) is 13.7. The van der Waals surface area contributed by atoms with Crippen molar-refractivity contribution in [1.82, 2.24) is 4.98 Å². The largest absolute Gasteiger partial charge is 0.481 e. The Morgan fingerprint density at radius 3 is 2.85 bits per heavy atom. The van der Waals surface area contributed by atoms with Gasteiger partial charge in [-0.1, -0.05) is 23.2 Å². The van der Waals surface area contributed by atoms with Crippen molar-refractivity contribution in [2.75, 3.05) is 0 Å². The molecule has 0 unspecified atom stereocenters. The number of fused-ring (bicyclic) bond motifs is 2. The van der Waals surface area contributed by atoms with E-state index in [0.29, 0.717) is 16.5 Å². The lowest BCUT2D eigenvalue weighted by Gasteiger charge is -2.13. The van der Waals surface area contributed by atoms with E-state index in [1.54, 1.807) is 6.07 Å². The van der Waals surface area contributed by atoms with Crippen LogP contribution in [0.15, 0.2) is 12.1 Å². The number of aliphatic carboxylic acids is 1. The van der Waals surface area contributed by atoms with Crippen molar-refractivity contribution in [3.05, 3.63) is 39.0 Å². The molecule has 0 radical (unpaired) electrons. The molecule has 0 amide bonds. The van der Waals surface area contributed by atoms with Gasteiger partial charge in [0.1, 0.15) is 0 Å². The van der Waals surface area contributed by atoms with E-state index in [4.69, 9.17) is 28.3 Å². The molecule has 1 aromatic heterocycles. The Morgan fingerprint density at radius 2 is 2.10 bits per heavy atom. The van der Waals surface area contributed by atoms with E-state index in [2.05, 4.69) is 4.98 Å². The lowest BCUT2D eigenvalue weighted by Crippen LogP contribution is -2.03. The van der Waals surface area contributed by atoms with Crippen LogP contribution in [0.4, 0.5) is 0 Å². The van der Waals surface area contributed by atoms with Crippen LogP contribution in [0.5, 0.6) is 0 Å². The summed E-state index contributed by atoms with van der Waals surface area (Å²) in [6.45, 7) is 0. The molecule has 0 spiro atoms. The zero-order valence-electron chi connectivity index (χ0n) is 10.7. The first-order chi connectivity index (χ1) is 9.56. The van der Waals surface area contributed by atoms with E-state index >= 15 is 0 Å². The number of halogens is 2. The second-order valence-corrected chi connectivity index (χ2v) is 5.89. The predicted octanol–water partition coefficient (Wildman–Crippen LogP) is 4.05. The van der Waals surface area contributed by atoms with Gasteiger partial charge in [-0.15, -0.1) is 0 Å². The van der Waals surface area contributed by atoms with E-state index in [1.807, 2.05) is 6.07 Å². The fraction of sp³-hybridized carbons (Fsp3) is 0.333. The number of aromatic nitrogens is 1. The van der Waals surface area contributed by atoms with Crippen LogP contribution in [0.3, 0.4) is 0 Å². The second kappa shape index (κ2) is 5.23. The van der Waals surface area contributed by atoms with Crippen molar-refractivity contribution in [1.29, 1.82) is 0 Å². The van der Waals surface area contributed by atoms with Gasteiger partial charge in [0.2, 0.25) is 0 Å². The lowest BCUT2D eigenvalue weighted by atomic mass is 9.97. The van der Waals surface area contributed by atoms with Crippen LogP contribution in [0.25, 0.3) is 10.9 Å². The molecule has 3 nitrogen and oxygen atoms in total. The molecule has 104 valence electrons. The fourth-order valence-electron chi connectivity index (χ4n) is 2.90. The van der Waals surface area contributed by atoms with E-state index < -0.39 is 5.97 Å². The number of nitrogens with zero attached hydrogens (tertiary/aromatic N) is 1. The van der Waals surface area contributed by atoms with Gasteiger partial charge in [-0.3, -0.25) is 9.78 Å². The van der Waals surface area contributed by atoms with E-state index in [9.17, 15) is 4.79 Å². The number of hydrogen-bond donors (Lipinski definition) is 1. The van der Waals surface area contributed by atoms with E-state index in [0.717, 1.165) is 41.4 Å². The third-order valence-electron chi connectivity index (χ3n) is 3.74. The molecule has 3 rings (SSSR count). The molecule has 0 bridgehead atoms. The highest BCUT2D eigenvalue weighted by molar-refractivity contribution is 6.38. The summed E-state index contributed by atoms with van der Waals surface area (Å²) in [5.41, 5.74) is 4.03. The molecule has 1 N–H and O–H groups in total. The van der Waals surface area contributed by atoms with Crippen molar-refractivity contribution in [2.24, 2.45) is 0 Å². The lowest BCUT2D eigenvalue weighted by molar-refractivity contribution is -0.136.